The van der Waals surface area contributed by atoms with Crippen LogP contribution >= 0.6 is 0 Å². The zero-order valence-electron chi connectivity index (χ0n) is 10.4. The van der Waals surface area contributed by atoms with Crippen LogP contribution in [0, 0.1) is 5.41 Å². The standard InChI is InChI=1S/C13H24N2/c1-11(2)14-7-9-15(10-8-14)12(3)13(4)5-6-13/h11H,3,5-10H2,1-2,4H3. The maximum atomic E-state index is 4.29. The molecule has 0 radical (unpaired) electrons. The average molecular weight is 208 g/mol. The number of allylic oxidation sites excluding steroid dienone is 1. The quantitative estimate of drug-likeness (QED) is 0.702. The van der Waals surface area contributed by atoms with Gasteiger partial charge in [0.1, 0.15) is 0 Å². The normalized spacial score (nSPS) is 25.7. The molecule has 1 saturated carbocycles. The Bertz CT molecular complexity index is 245. The Morgan fingerprint density at radius 2 is 1.67 bits per heavy atom. The number of nitrogens with zero attached hydrogens (tertiary/aromatic N) is 2. The molecular weight excluding hydrogens is 184 g/mol. The van der Waals surface area contributed by atoms with Crippen molar-refractivity contribution in [2.75, 3.05) is 26.2 Å². The van der Waals surface area contributed by atoms with E-state index in [9.17, 15) is 0 Å². The first kappa shape index (κ1) is 11.0. The Labute approximate surface area is 93.9 Å². The van der Waals surface area contributed by atoms with Gasteiger partial charge in [0.25, 0.3) is 0 Å². The van der Waals surface area contributed by atoms with Crippen LogP contribution in [0.1, 0.15) is 33.6 Å². The molecule has 0 aromatic carbocycles. The van der Waals surface area contributed by atoms with E-state index in [4.69, 9.17) is 0 Å². The predicted molar refractivity (Wildman–Crippen MR) is 64.8 cm³/mol. The summed E-state index contributed by atoms with van der Waals surface area (Å²) >= 11 is 0. The molecule has 0 atom stereocenters. The van der Waals surface area contributed by atoms with Crippen LogP contribution < -0.4 is 0 Å². The summed E-state index contributed by atoms with van der Waals surface area (Å²) in [5, 5.41) is 0. The number of piperazine rings is 1. The van der Waals surface area contributed by atoms with E-state index in [1.165, 1.54) is 44.7 Å². The Kier molecular flexibility index (Phi) is 2.80. The highest BCUT2D eigenvalue weighted by Gasteiger charge is 2.42. The molecular formula is C13H24N2. The molecule has 15 heavy (non-hydrogen) atoms. The molecule has 0 aromatic rings. The summed E-state index contributed by atoms with van der Waals surface area (Å²) in [7, 11) is 0. The van der Waals surface area contributed by atoms with Gasteiger partial charge >= 0.3 is 0 Å². The van der Waals surface area contributed by atoms with Crippen LogP contribution in [-0.2, 0) is 0 Å². The number of hydrogen-bond acceptors (Lipinski definition) is 2. The third kappa shape index (κ3) is 2.20. The minimum Gasteiger partial charge on any atom is -0.372 e. The van der Waals surface area contributed by atoms with Gasteiger partial charge in [0.15, 0.2) is 0 Å². The zero-order valence-corrected chi connectivity index (χ0v) is 10.4. The number of hydrogen-bond donors (Lipinski definition) is 0. The predicted octanol–water partition coefficient (Wildman–Crippen LogP) is 2.33. The molecule has 2 heteroatoms. The van der Waals surface area contributed by atoms with Crippen LogP contribution in [0.15, 0.2) is 12.3 Å². The van der Waals surface area contributed by atoms with Gasteiger partial charge < -0.3 is 4.90 Å². The van der Waals surface area contributed by atoms with Gasteiger partial charge in [-0.15, -0.1) is 0 Å². The summed E-state index contributed by atoms with van der Waals surface area (Å²) in [5.41, 5.74) is 1.85. The van der Waals surface area contributed by atoms with Gasteiger partial charge in [0.05, 0.1) is 0 Å². The van der Waals surface area contributed by atoms with Gasteiger partial charge in [0, 0.05) is 43.3 Å². The molecule has 0 spiro atoms. The van der Waals surface area contributed by atoms with Gasteiger partial charge in [-0.1, -0.05) is 13.5 Å². The van der Waals surface area contributed by atoms with Gasteiger partial charge in [-0.3, -0.25) is 4.90 Å². The molecule has 1 aliphatic heterocycles. The van der Waals surface area contributed by atoms with Crippen molar-refractivity contribution in [2.24, 2.45) is 5.41 Å². The lowest BCUT2D eigenvalue weighted by Crippen LogP contribution is -2.48. The molecule has 0 amide bonds. The summed E-state index contributed by atoms with van der Waals surface area (Å²) < 4.78 is 0. The van der Waals surface area contributed by atoms with Crippen molar-refractivity contribution in [1.29, 1.82) is 0 Å². The zero-order chi connectivity index (χ0) is 11.1. The first-order valence-electron chi connectivity index (χ1n) is 6.21. The Morgan fingerprint density at radius 1 is 1.13 bits per heavy atom. The Hall–Kier alpha value is -0.500. The molecule has 1 saturated heterocycles. The fourth-order valence-corrected chi connectivity index (χ4v) is 2.37. The average Bonchev–Trinajstić information content (AvgIpc) is 2.97. The van der Waals surface area contributed by atoms with E-state index in [1.807, 2.05) is 0 Å². The molecule has 1 heterocycles. The van der Waals surface area contributed by atoms with E-state index in [-0.39, 0.29) is 0 Å². The van der Waals surface area contributed by atoms with E-state index >= 15 is 0 Å². The van der Waals surface area contributed by atoms with Crippen molar-refractivity contribution < 1.29 is 0 Å². The topological polar surface area (TPSA) is 6.48 Å². The lowest BCUT2D eigenvalue weighted by atomic mass is 10.0. The molecule has 0 bridgehead atoms. The summed E-state index contributed by atoms with van der Waals surface area (Å²) in [6, 6.07) is 0.692. The van der Waals surface area contributed by atoms with Gasteiger partial charge in [-0.05, 0) is 26.7 Å². The highest BCUT2D eigenvalue weighted by atomic mass is 15.3. The van der Waals surface area contributed by atoms with Crippen molar-refractivity contribution in [1.82, 2.24) is 9.80 Å². The van der Waals surface area contributed by atoms with E-state index in [2.05, 4.69) is 37.1 Å². The fourth-order valence-electron chi connectivity index (χ4n) is 2.37. The first-order chi connectivity index (χ1) is 7.03. The van der Waals surface area contributed by atoms with E-state index < -0.39 is 0 Å². The summed E-state index contributed by atoms with van der Waals surface area (Å²) in [6.07, 6.45) is 2.69. The van der Waals surface area contributed by atoms with Crippen molar-refractivity contribution >= 4 is 0 Å². The Balaban J connectivity index is 1.85. The summed E-state index contributed by atoms with van der Waals surface area (Å²) in [6.45, 7) is 16.0. The minimum atomic E-state index is 0.458. The lowest BCUT2D eigenvalue weighted by Gasteiger charge is -2.40. The monoisotopic (exact) mass is 208 g/mol. The van der Waals surface area contributed by atoms with Crippen LogP contribution in [0.3, 0.4) is 0 Å². The maximum absolute atomic E-state index is 4.29. The van der Waals surface area contributed by atoms with E-state index in [0.29, 0.717) is 11.5 Å². The van der Waals surface area contributed by atoms with Crippen molar-refractivity contribution in [3.63, 3.8) is 0 Å². The maximum Gasteiger partial charge on any atom is 0.0303 e. The first-order valence-corrected chi connectivity index (χ1v) is 6.21. The molecule has 2 nitrogen and oxygen atoms in total. The Morgan fingerprint density at radius 3 is 2.07 bits per heavy atom. The molecule has 1 aliphatic carbocycles. The summed E-state index contributed by atoms with van der Waals surface area (Å²) in [5.74, 6) is 0. The molecule has 2 fully saturated rings. The SMILES string of the molecule is C=C(N1CCN(C(C)C)CC1)C1(C)CC1. The van der Waals surface area contributed by atoms with Crippen LogP contribution in [0.2, 0.25) is 0 Å². The van der Waals surface area contributed by atoms with Gasteiger partial charge in [-0.25, -0.2) is 0 Å². The molecule has 86 valence electrons. The highest BCUT2D eigenvalue weighted by Crippen LogP contribution is 2.51. The van der Waals surface area contributed by atoms with Gasteiger partial charge in [-0.2, -0.15) is 0 Å². The van der Waals surface area contributed by atoms with Gasteiger partial charge in [0.2, 0.25) is 0 Å². The third-order valence-electron chi connectivity index (χ3n) is 4.12. The second kappa shape index (κ2) is 3.82. The van der Waals surface area contributed by atoms with Crippen molar-refractivity contribution in [2.45, 2.75) is 39.7 Å². The smallest absolute Gasteiger partial charge is 0.0303 e. The molecule has 0 unspecified atom stereocenters. The molecule has 0 N–H and O–H groups in total. The molecule has 0 aromatic heterocycles. The second-order valence-electron chi connectivity index (χ2n) is 5.62. The summed E-state index contributed by atoms with van der Waals surface area (Å²) in [4.78, 5) is 5.06. The van der Waals surface area contributed by atoms with Crippen LogP contribution in [-0.4, -0.2) is 42.0 Å². The van der Waals surface area contributed by atoms with Crippen molar-refractivity contribution in [3.8, 4) is 0 Å². The molecule has 2 rings (SSSR count). The lowest BCUT2D eigenvalue weighted by molar-refractivity contribution is 0.122. The largest absolute Gasteiger partial charge is 0.372 e. The molecule has 2 aliphatic rings. The van der Waals surface area contributed by atoms with Crippen LogP contribution in [0.4, 0.5) is 0 Å². The minimum absolute atomic E-state index is 0.458. The highest BCUT2D eigenvalue weighted by molar-refractivity contribution is 5.16. The van der Waals surface area contributed by atoms with E-state index in [1.54, 1.807) is 0 Å². The third-order valence-corrected chi connectivity index (χ3v) is 4.12. The second-order valence-corrected chi connectivity index (χ2v) is 5.62. The van der Waals surface area contributed by atoms with Crippen LogP contribution in [0.25, 0.3) is 0 Å². The number of rotatable bonds is 3. The van der Waals surface area contributed by atoms with Crippen LogP contribution in [0.5, 0.6) is 0 Å². The van der Waals surface area contributed by atoms with E-state index in [0.717, 1.165) is 0 Å². The fraction of sp³-hybridized carbons (Fsp3) is 0.846. The van der Waals surface area contributed by atoms with Crippen molar-refractivity contribution in [3.05, 3.63) is 12.3 Å².